The lowest BCUT2D eigenvalue weighted by Gasteiger charge is -2.22. The Morgan fingerprint density at radius 3 is 2.45 bits per heavy atom. The first-order valence-electron chi connectivity index (χ1n) is 8.47. The zero-order valence-electron chi connectivity index (χ0n) is 14.1. The third-order valence-electron chi connectivity index (χ3n) is 4.87. The lowest BCUT2D eigenvalue weighted by atomic mass is 9.84. The molecule has 0 amide bonds. The van der Waals surface area contributed by atoms with E-state index >= 15 is 0 Å². The lowest BCUT2D eigenvalue weighted by Crippen LogP contribution is -2.14. The molecule has 1 atom stereocenters. The largest absolute Gasteiger partial charge is 0.309 e. The minimum atomic E-state index is 0.563. The highest BCUT2D eigenvalue weighted by Crippen LogP contribution is 2.37. The third kappa shape index (κ3) is 3.25. The van der Waals surface area contributed by atoms with Gasteiger partial charge in [-0.1, -0.05) is 48.0 Å². The fraction of sp³-hybridized carbons (Fsp3) is 0.429. The molecule has 1 aliphatic carbocycles. The minimum Gasteiger partial charge on any atom is -0.309 e. The maximum Gasteiger partial charge on any atom is 0.00953 e. The third-order valence-corrected chi connectivity index (χ3v) is 4.87. The van der Waals surface area contributed by atoms with Crippen molar-refractivity contribution in [3.05, 3.63) is 70.3 Å². The van der Waals surface area contributed by atoms with Gasteiger partial charge in [-0.15, -0.1) is 0 Å². The van der Waals surface area contributed by atoms with Crippen molar-refractivity contribution in [2.75, 3.05) is 20.6 Å². The lowest BCUT2D eigenvalue weighted by molar-refractivity contribution is 0.389. The van der Waals surface area contributed by atoms with Crippen LogP contribution in [0.4, 0.5) is 0 Å². The van der Waals surface area contributed by atoms with Gasteiger partial charge in [0, 0.05) is 5.92 Å². The van der Waals surface area contributed by atoms with Gasteiger partial charge in [0.05, 0.1) is 0 Å². The van der Waals surface area contributed by atoms with Crippen LogP contribution in [0.3, 0.4) is 0 Å². The summed E-state index contributed by atoms with van der Waals surface area (Å²) in [7, 11) is 4.33. The Kier molecular flexibility index (Phi) is 4.63. The van der Waals surface area contributed by atoms with E-state index in [9.17, 15) is 0 Å². The molecule has 3 rings (SSSR count). The number of nitrogens with zero attached hydrogens (tertiary/aromatic N) is 1. The van der Waals surface area contributed by atoms with E-state index < -0.39 is 0 Å². The van der Waals surface area contributed by atoms with Crippen LogP contribution in [0.25, 0.3) is 0 Å². The Labute approximate surface area is 135 Å². The average molecular weight is 293 g/mol. The second kappa shape index (κ2) is 6.66. The van der Waals surface area contributed by atoms with E-state index in [4.69, 9.17) is 0 Å². The van der Waals surface area contributed by atoms with E-state index in [-0.39, 0.29) is 0 Å². The molecular weight excluding hydrogens is 266 g/mol. The molecule has 0 fully saturated rings. The minimum absolute atomic E-state index is 0.563. The fourth-order valence-electron chi connectivity index (χ4n) is 3.73. The zero-order valence-corrected chi connectivity index (χ0v) is 14.1. The highest BCUT2D eigenvalue weighted by molar-refractivity contribution is 5.46. The second-order valence-electron chi connectivity index (χ2n) is 6.90. The highest BCUT2D eigenvalue weighted by Gasteiger charge is 2.23. The van der Waals surface area contributed by atoms with E-state index in [1.165, 1.54) is 37.8 Å². The SMILES string of the molecule is Cc1ccc2c(c1)C(CCCN(C)C)c1ccccc1CC2. The smallest absolute Gasteiger partial charge is 0.00953 e. The van der Waals surface area contributed by atoms with Crippen LogP contribution in [0.5, 0.6) is 0 Å². The number of hydrogen-bond donors (Lipinski definition) is 0. The number of benzene rings is 2. The molecule has 0 N–H and O–H groups in total. The van der Waals surface area contributed by atoms with Gasteiger partial charge in [0.2, 0.25) is 0 Å². The molecule has 116 valence electrons. The Morgan fingerprint density at radius 2 is 1.68 bits per heavy atom. The number of aryl methyl sites for hydroxylation is 3. The molecule has 22 heavy (non-hydrogen) atoms. The van der Waals surface area contributed by atoms with Crippen molar-refractivity contribution in [2.24, 2.45) is 0 Å². The fourth-order valence-corrected chi connectivity index (χ4v) is 3.73. The summed E-state index contributed by atoms with van der Waals surface area (Å²) in [5.41, 5.74) is 7.62. The molecule has 0 bridgehead atoms. The molecule has 0 aliphatic heterocycles. The first kappa shape index (κ1) is 15.3. The van der Waals surface area contributed by atoms with Gasteiger partial charge in [0.15, 0.2) is 0 Å². The van der Waals surface area contributed by atoms with Gasteiger partial charge in [0.25, 0.3) is 0 Å². The Bertz CT molecular complexity index is 642. The molecule has 0 saturated carbocycles. The quantitative estimate of drug-likeness (QED) is 0.798. The summed E-state index contributed by atoms with van der Waals surface area (Å²) in [4.78, 5) is 2.29. The predicted octanol–water partition coefficient (Wildman–Crippen LogP) is 4.57. The van der Waals surface area contributed by atoms with Crippen molar-refractivity contribution in [1.29, 1.82) is 0 Å². The van der Waals surface area contributed by atoms with Crippen LogP contribution in [0, 0.1) is 6.92 Å². The Morgan fingerprint density at radius 1 is 0.955 bits per heavy atom. The monoisotopic (exact) mass is 293 g/mol. The van der Waals surface area contributed by atoms with Crippen molar-refractivity contribution < 1.29 is 0 Å². The molecule has 0 spiro atoms. The van der Waals surface area contributed by atoms with Crippen molar-refractivity contribution in [2.45, 2.75) is 38.5 Å². The number of hydrogen-bond acceptors (Lipinski definition) is 1. The number of fused-ring (bicyclic) bond motifs is 2. The van der Waals surface area contributed by atoms with E-state index in [0.29, 0.717) is 5.92 Å². The molecule has 0 aromatic heterocycles. The predicted molar refractivity (Wildman–Crippen MR) is 94.7 cm³/mol. The average Bonchev–Trinajstić information content (AvgIpc) is 2.65. The van der Waals surface area contributed by atoms with Crippen molar-refractivity contribution in [3.63, 3.8) is 0 Å². The molecule has 0 saturated heterocycles. The number of rotatable bonds is 4. The summed E-state index contributed by atoms with van der Waals surface area (Å²) in [5.74, 6) is 0.563. The molecular formula is C21H27N. The maximum absolute atomic E-state index is 2.43. The van der Waals surface area contributed by atoms with Gasteiger partial charge >= 0.3 is 0 Å². The molecule has 2 aromatic rings. The van der Waals surface area contributed by atoms with Gasteiger partial charge in [-0.05, 0) is 75.5 Å². The van der Waals surface area contributed by atoms with Crippen LogP contribution in [0.1, 0.15) is 46.6 Å². The molecule has 0 heterocycles. The van der Waals surface area contributed by atoms with Crippen LogP contribution in [-0.4, -0.2) is 25.5 Å². The van der Waals surface area contributed by atoms with Crippen molar-refractivity contribution in [3.8, 4) is 0 Å². The van der Waals surface area contributed by atoms with E-state index in [2.05, 4.69) is 68.4 Å². The topological polar surface area (TPSA) is 3.24 Å². The van der Waals surface area contributed by atoms with Crippen molar-refractivity contribution in [1.82, 2.24) is 4.90 Å². The van der Waals surface area contributed by atoms with Crippen LogP contribution < -0.4 is 0 Å². The Hall–Kier alpha value is -1.60. The van der Waals surface area contributed by atoms with Gasteiger partial charge in [-0.2, -0.15) is 0 Å². The van der Waals surface area contributed by atoms with Gasteiger partial charge < -0.3 is 4.90 Å². The van der Waals surface area contributed by atoms with E-state index in [0.717, 1.165) is 0 Å². The standard InChI is InChI=1S/C21H27N/c1-16-10-11-18-13-12-17-7-4-5-8-19(17)20(21(18)15-16)9-6-14-22(2)3/h4-5,7-8,10-11,15,20H,6,9,12-14H2,1-3H3. The molecule has 1 nitrogen and oxygen atoms in total. The van der Waals surface area contributed by atoms with Gasteiger partial charge in [0.1, 0.15) is 0 Å². The van der Waals surface area contributed by atoms with Crippen molar-refractivity contribution >= 4 is 0 Å². The zero-order chi connectivity index (χ0) is 15.5. The molecule has 1 unspecified atom stereocenters. The van der Waals surface area contributed by atoms with Gasteiger partial charge in [-0.3, -0.25) is 0 Å². The molecule has 0 radical (unpaired) electrons. The molecule has 1 heteroatoms. The summed E-state index contributed by atoms with van der Waals surface area (Å²) in [6, 6.07) is 16.1. The maximum atomic E-state index is 2.43. The van der Waals surface area contributed by atoms with Crippen LogP contribution in [0.15, 0.2) is 42.5 Å². The summed E-state index contributed by atoms with van der Waals surface area (Å²) in [6.45, 7) is 3.38. The van der Waals surface area contributed by atoms with E-state index in [1.54, 1.807) is 22.3 Å². The van der Waals surface area contributed by atoms with Gasteiger partial charge in [-0.25, -0.2) is 0 Å². The first-order valence-corrected chi connectivity index (χ1v) is 8.47. The van der Waals surface area contributed by atoms with E-state index in [1.807, 2.05) is 0 Å². The summed E-state index contributed by atoms with van der Waals surface area (Å²) < 4.78 is 0. The second-order valence-corrected chi connectivity index (χ2v) is 6.90. The summed E-state index contributed by atoms with van der Waals surface area (Å²) >= 11 is 0. The normalized spacial score (nSPS) is 17.0. The first-order chi connectivity index (χ1) is 10.6. The summed E-state index contributed by atoms with van der Waals surface area (Å²) in [5, 5.41) is 0. The molecule has 2 aromatic carbocycles. The summed E-state index contributed by atoms with van der Waals surface area (Å²) in [6.07, 6.45) is 4.85. The Balaban J connectivity index is 1.98. The van der Waals surface area contributed by atoms with Crippen LogP contribution in [0.2, 0.25) is 0 Å². The highest BCUT2D eigenvalue weighted by atomic mass is 15.0. The molecule has 1 aliphatic rings. The van der Waals surface area contributed by atoms with Crippen LogP contribution in [-0.2, 0) is 12.8 Å². The van der Waals surface area contributed by atoms with Crippen LogP contribution >= 0.6 is 0 Å².